The monoisotopic (exact) mass is 445 g/mol. The van der Waals surface area contributed by atoms with Crippen LogP contribution in [0.3, 0.4) is 0 Å². The first-order valence-corrected chi connectivity index (χ1v) is 11.3. The Labute approximate surface area is 174 Å². The average Bonchev–Trinajstić information content (AvgIpc) is 2.63. The molecular weight excluding hydrogens is 419 g/mol. The lowest BCUT2D eigenvalue weighted by atomic mass is 9.98. The lowest BCUT2D eigenvalue weighted by Crippen LogP contribution is -2.47. The molecule has 2 atom stereocenters. The molecule has 0 aliphatic heterocycles. The molecule has 0 radical (unpaired) electrons. The van der Waals surface area contributed by atoms with Gasteiger partial charge >= 0.3 is 6.18 Å². The van der Waals surface area contributed by atoms with Gasteiger partial charge in [-0.05, 0) is 41.2 Å². The zero-order valence-electron chi connectivity index (χ0n) is 16.9. The van der Waals surface area contributed by atoms with E-state index in [9.17, 15) is 31.8 Å². The fourth-order valence-electron chi connectivity index (χ4n) is 3.14. The van der Waals surface area contributed by atoms with Gasteiger partial charge in [0.2, 0.25) is 0 Å². The Balaban J connectivity index is 2.29. The summed E-state index contributed by atoms with van der Waals surface area (Å²) in [6.07, 6.45) is -5.31. The van der Waals surface area contributed by atoms with E-state index in [1.165, 1.54) is 36.4 Å². The Hall–Kier alpha value is -1.94. The highest BCUT2D eigenvalue weighted by Crippen LogP contribution is 2.35. The van der Waals surface area contributed by atoms with Crippen LogP contribution in [0.4, 0.5) is 13.2 Å². The zero-order valence-corrected chi connectivity index (χ0v) is 17.7. The Morgan fingerprint density at radius 2 is 1.40 bits per heavy atom. The molecule has 0 saturated heterocycles. The van der Waals surface area contributed by atoms with Gasteiger partial charge in [-0.25, -0.2) is 8.42 Å². The molecular formula is C21H26F3NO4S. The number of nitrogens with one attached hydrogen (secondary N) is 1. The molecule has 0 spiro atoms. The van der Waals surface area contributed by atoms with Gasteiger partial charge in [0.25, 0.3) is 0 Å². The van der Waals surface area contributed by atoms with Crippen molar-refractivity contribution in [3.8, 4) is 11.1 Å². The SMILES string of the molecule is CC(C)CC(NC(c1ccc(-c2ccc(S(C)(=O)=O)cc2)cc1)C(F)(F)F)C(O)O. The molecule has 3 N–H and O–H groups in total. The Kier molecular flexibility index (Phi) is 7.68. The van der Waals surface area contributed by atoms with Gasteiger partial charge in [-0.1, -0.05) is 50.2 Å². The van der Waals surface area contributed by atoms with E-state index in [4.69, 9.17) is 0 Å². The first-order chi connectivity index (χ1) is 13.8. The van der Waals surface area contributed by atoms with Crippen LogP contribution >= 0.6 is 0 Å². The number of halogens is 3. The molecule has 0 aliphatic rings. The maximum atomic E-state index is 13.7. The van der Waals surface area contributed by atoms with Gasteiger partial charge < -0.3 is 10.2 Å². The third kappa shape index (κ3) is 6.53. The van der Waals surface area contributed by atoms with Crippen LogP contribution in [0, 0.1) is 5.92 Å². The summed E-state index contributed by atoms with van der Waals surface area (Å²) in [7, 11) is -3.34. The molecule has 0 aromatic heterocycles. The lowest BCUT2D eigenvalue weighted by molar-refractivity contribution is -0.167. The minimum absolute atomic E-state index is 0.0320. The second-order valence-electron chi connectivity index (χ2n) is 7.71. The van der Waals surface area contributed by atoms with Crippen molar-refractivity contribution in [2.75, 3.05) is 6.26 Å². The fourth-order valence-corrected chi connectivity index (χ4v) is 3.77. The van der Waals surface area contributed by atoms with Crippen LogP contribution in [0.5, 0.6) is 0 Å². The molecule has 2 unspecified atom stereocenters. The van der Waals surface area contributed by atoms with Crippen molar-refractivity contribution in [2.24, 2.45) is 5.92 Å². The highest BCUT2D eigenvalue weighted by molar-refractivity contribution is 7.90. The first kappa shape index (κ1) is 24.3. The minimum atomic E-state index is -4.64. The van der Waals surface area contributed by atoms with Gasteiger partial charge in [-0.3, -0.25) is 5.32 Å². The smallest absolute Gasteiger partial charge is 0.367 e. The lowest BCUT2D eigenvalue weighted by Gasteiger charge is -2.30. The van der Waals surface area contributed by atoms with Crippen LogP contribution in [0.1, 0.15) is 31.9 Å². The summed E-state index contributed by atoms with van der Waals surface area (Å²) < 4.78 is 64.1. The number of aliphatic hydroxyl groups excluding tert-OH is 1. The summed E-state index contributed by atoms with van der Waals surface area (Å²) in [4.78, 5) is 0.156. The molecule has 0 bridgehead atoms. The molecule has 2 rings (SSSR count). The third-order valence-corrected chi connectivity index (χ3v) is 5.78. The van der Waals surface area contributed by atoms with Gasteiger partial charge in [-0.15, -0.1) is 0 Å². The van der Waals surface area contributed by atoms with E-state index in [1.807, 2.05) is 0 Å². The topological polar surface area (TPSA) is 86.6 Å². The molecule has 5 nitrogen and oxygen atoms in total. The van der Waals surface area contributed by atoms with Crippen molar-refractivity contribution >= 4 is 9.84 Å². The summed E-state index contributed by atoms with van der Waals surface area (Å²) in [5, 5.41) is 21.3. The fraction of sp³-hybridized carbons (Fsp3) is 0.429. The Morgan fingerprint density at radius 1 is 0.933 bits per heavy atom. The molecule has 0 amide bonds. The quantitative estimate of drug-likeness (QED) is 0.540. The van der Waals surface area contributed by atoms with Crippen molar-refractivity contribution in [3.63, 3.8) is 0 Å². The second-order valence-corrected chi connectivity index (χ2v) is 9.73. The molecule has 166 valence electrons. The van der Waals surface area contributed by atoms with Gasteiger partial charge in [0.1, 0.15) is 6.04 Å². The van der Waals surface area contributed by atoms with Crippen LogP contribution in [-0.2, 0) is 9.84 Å². The van der Waals surface area contributed by atoms with E-state index in [0.29, 0.717) is 11.1 Å². The molecule has 0 saturated carbocycles. The highest BCUT2D eigenvalue weighted by atomic mass is 32.2. The Morgan fingerprint density at radius 3 is 1.77 bits per heavy atom. The molecule has 9 heteroatoms. The standard InChI is InChI=1S/C21H26F3NO4S/c1-13(2)12-18(20(26)27)25-19(21(22,23)24)16-6-4-14(5-7-16)15-8-10-17(11-9-15)30(3,28)29/h4-11,13,18-20,25-27H,12H2,1-3H3. The predicted octanol–water partition coefficient (Wildman–Crippen LogP) is 3.68. The van der Waals surface area contributed by atoms with Crippen molar-refractivity contribution in [1.29, 1.82) is 0 Å². The van der Waals surface area contributed by atoms with Crippen LogP contribution in [-0.4, -0.2) is 43.4 Å². The van der Waals surface area contributed by atoms with Crippen LogP contribution in [0.25, 0.3) is 11.1 Å². The number of hydrogen-bond acceptors (Lipinski definition) is 5. The molecule has 2 aromatic rings. The van der Waals surface area contributed by atoms with E-state index >= 15 is 0 Å². The predicted molar refractivity (Wildman–Crippen MR) is 108 cm³/mol. The summed E-state index contributed by atoms with van der Waals surface area (Å²) in [5.74, 6) is -0.0320. The first-order valence-electron chi connectivity index (χ1n) is 9.38. The molecule has 30 heavy (non-hydrogen) atoms. The van der Waals surface area contributed by atoms with Gasteiger partial charge in [0, 0.05) is 6.26 Å². The average molecular weight is 446 g/mol. The van der Waals surface area contributed by atoms with Crippen molar-refractivity contribution in [1.82, 2.24) is 5.32 Å². The summed E-state index contributed by atoms with van der Waals surface area (Å²) in [5.41, 5.74) is 1.22. The van der Waals surface area contributed by atoms with Crippen molar-refractivity contribution in [2.45, 2.75) is 49.7 Å². The van der Waals surface area contributed by atoms with Gasteiger partial charge in [0.05, 0.1) is 10.9 Å². The van der Waals surface area contributed by atoms with Crippen LogP contribution in [0.15, 0.2) is 53.4 Å². The number of alkyl halides is 3. The van der Waals surface area contributed by atoms with Crippen LogP contribution < -0.4 is 5.32 Å². The normalized spacial score (nSPS) is 14.9. The van der Waals surface area contributed by atoms with Gasteiger partial charge in [-0.2, -0.15) is 13.2 Å². The summed E-state index contributed by atoms with van der Waals surface area (Å²) in [6.45, 7) is 3.56. The Bertz CT molecular complexity index is 924. The van der Waals surface area contributed by atoms with Crippen molar-refractivity contribution < 1.29 is 31.8 Å². The molecule has 0 aliphatic carbocycles. The molecule has 0 heterocycles. The minimum Gasteiger partial charge on any atom is -0.367 e. The summed E-state index contributed by atoms with van der Waals surface area (Å²) >= 11 is 0. The third-order valence-electron chi connectivity index (χ3n) is 4.65. The second kappa shape index (κ2) is 9.47. The summed E-state index contributed by atoms with van der Waals surface area (Å²) in [6, 6.07) is 8.52. The van der Waals surface area contributed by atoms with E-state index in [1.54, 1.807) is 26.0 Å². The molecule has 2 aromatic carbocycles. The van der Waals surface area contributed by atoms with E-state index < -0.39 is 34.4 Å². The highest BCUT2D eigenvalue weighted by Gasteiger charge is 2.42. The number of sulfone groups is 1. The maximum Gasteiger partial charge on any atom is 0.407 e. The maximum absolute atomic E-state index is 13.7. The van der Waals surface area contributed by atoms with E-state index in [0.717, 1.165) is 6.26 Å². The number of hydrogen-bond donors (Lipinski definition) is 3. The number of benzene rings is 2. The zero-order chi connectivity index (χ0) is 22.7. The number of aliphatic hydroxyl groups is 2. The largest absolute Gasteiger partial charge is 0.407 e. The van der Waals surface area contributed by atoms with Gasteiger partial charge in [0.15, 0.2) is 16.1 Å². The number of rotatable bonds is 8. The molecule has 0 fully saturated rings. The van der Waals surface area contributed by atoms with E-state index in [2.05, 4.69) is 5.32 Å². The van der Waals surface area contributed by atoms with Crippen LogP contribution in [0.2, 0.25) is 0 Å². The van der Waals surface area contributed by atoms with Crippen molar-refractivity contribution in [3.05, 3.63) is 54.1 Å². The van der Waals surface area contributed by atoms with E-state index in [-0.39, 0.29) is 22.8 Å².